The van der Waals surface area contributed by atoms with Crippen LogP contribution in [-0.2, 0) is 16.1 Å². The van der Waals surface area contributed by atoms with Gasteiger partial charge in [0.1, 0.15) is 11.9 Å². The Morgan fingerprint density at radius 1 is 0.922 bits per heavy atom. The molecule has 0 aliphatic heterocycles. The number of carbonyl (C=O) groups is 3. The van der Waals surface area contributed by atoms with Crippen LogP contribution in [0.2, 0.25) is 0 Å². The van der Waals surface area contributed by atoms with Crippen molar-refractivity contribution in [1.29, 1.82) is 0 Å². The van der Waals surface area contributed by atoms with Gasteiger partial charge in [0.05, 0.1) is 18.9 Å². The van der Waals surface area contributed by atoms with Crippen molar-refractivity contribution >= 4 is 29.5 Å². The normalized spacial score (nSPS) is 11.7. The summed E-state index contributed by atoms with van der Waals surface area (Å²) < 4.78 is 48.5. The van der Waals surface area contributed by atoms with Crippen molar-refractivity contribution in [2.24, 2.45) is 5.92 Å². The van der Waals surface area contributed by atoms with Crippen LogP contribution in [0.1, 0.15) is 44.9 Å². The van der Waals surface area contributed by atoms with Crippen LogP contribution in [0.3, 0.4) is 0 Å². The van der Waals surface area contributed by atoms with Gasteiger partial charge in [-0.1, -0.05) is 56.3 Å². The molecule has 51 heavy (non-hydrogen) atoms. The van der Waals surface area contributed by atoms with E-state index in [-0.39, 0.29) is 6.54 Å². The van der Waals surface area contributed by atoms with E-state index in [0.29, 0.717) is 41.4 Å². The van der Waals surface area contributed by atoms with Gasteiger partial charge in [-0.15, -0.1) is 0 Å². The second kappa shape index (κ2) is 19.0. The first kappa shape index (κ1) is 39.9. The number of hydrogen-bond donors (Lipinski definition) is 4. The molecule has 3 aromatic carbocycles. The fourth-order valence-corrected chi connectivity index (χ4v) is 4.78. The molecule has 4 aromatic rings. The Balaban J connectivity index is 0.000000908. The topological polar surface area (TPSA) is 155 Å². The molecule has 3 amide bonds. The highest BCUT2D eigenvalue weighted by atomic mass is 19.4. The van der Waals surface area contributed by atoms with Gasteiger partial charge in [-0.25, -0.2) is 19.4 Å². The molecule has 0 unspecified atom stereocenters. The van der Waals surface area contributed by atoms with E-state index in [2.05, 4.69) is 53.5 Å². The fraction of sp³-hybridized carbons (Fsp3) is 0.333. The lowest BCUT2D eigenvalue weighted by Crippen LogP contribution is -2.39. The van der Waals surface area contributed by atoms with Gasteiger partial charge in [-0.05, 0) is 55.2 Å². The number of benzene rings is 3. The van der Waals surface area contributed by atoms with Crippen molar-refractivity contribution in [3.63, 3.8) is 0 Å². The molecule has 4 N–H and O–H groups in total. The van der Waals surface area contributed by atoms with Crippen LogP contribution < -0.4 is 20.7 Å². The summed E-state index contributed by atoms with van der Waals surface area (Å²) >= 11 is 0. The third kappa shape index (κ3) is 13.3. The number of aliphatic carboxylic acids is 1. The van der Waals surface area contributed by atoms with Crippen LogP contribution in [0.5, 0.6) is 5.75 Å². The predicted octanol–water partition coefficient (Wildman–Crippen LogP) is 7.96. The largest absolute Gasteiger partial charge is 0.496 e. The number of nitrogens with zero attached hydrogens (tertiary/aromatic N) is 2. The Morgan fingerprint density at radius 3 is 2.16 bits per heavy atom. The van der Waals surface area contributed by atoms with Gasteiger partial charge >= 0.3 is 24.3 Å². The van der Waals surface area contributed by atoms with Gasteiger partial charge in [0.15, 0.2) is 12.2 Å². The first-order valence-corrected chi connectivity index (χ1v) is 15.9. The molecule has 1 aromatic heterocycles. The zero-order valence-electron chi connectivity index (χ0n) is 28.9. The summed E-state index contributed by atoms with van der Waals surface area (Å²) in [4.78, 5) is 40.8. The van der Waals surface area contributed by atoms with Gasteiger partial charge < -0.3 is 34.9 Å². The number of rotatable bonds is 13. The number of aromatic nitrogens is 1. The summed E-state index contributed by atoms with van der Waals surface area (Å²) in [5.74, 6) is -1.18. The van der Waals surface area contributed by atoms with Crippen molar-refractivity contribution in [2.45, 2.75) is 52.6 Å². The van der Waals surface area contributed by atoms with Crippen LogP contribution >= 0.6 is 0 Å². The van der Waals surface area contributed by atoms with Crippen LogP contribution in [0.15, 0.2) is 89.8 Å². The minimum absolute atomic E-state index is 0.234. The molecular formula is C36H42F3N5O7. The molecule has 0 radical (unpaired) electrons. The summed E-state index contributed by atoms with van der Waals surface area (Å²) in [5.41, 5.74) is 3.58. The van der Waals surface area contributed by atoms with Gasteiger partial charge in [-0.2, -0.15) is 13.2 Å². The number of nitrogens with one attached hydrogen (secondary N) is 3. The van der Waals surface area contributed by atoms with Gasteiger partial charge in [-0.3, -0.25) is 4.90 Å². The Morgan fingerprint density at radius 2 is 1.59 bits per heavy atom. The molecule has 0 bridgehead atoms. The van der Waals surface area contributed by atoms with Crippen LogP contribution in [0.25, 0.3) is 11.3 Å². The van der Waals surface area contributed by atoms with Crippen molar-refractivity contribution in [1.82, 2.24) is 15.2 Å². The van der Waals surface area contributed by atoms with E-state index in [0.717, 1.165) is 23.2 Å². The highest BCUT2D eigenvalue weighted by Crippen LogP contribution is 2.32. The molecule has 15 heteroatoms. The van der Waals surface area contributed by atoms with Crippen LogP contribution in [0.4, 0.5) is 34.1 Å². The molecule has 0 aliphatic rings. The Labute approximate surface area is 294 Å². The number of amides is 3. The number of carboxylic acids is 1. The molecule has 0 aliphatic carbocycles. The highest BCUT2D eigenvalue weighted by molar-refractivity contribution is 6.00. The number of halogens is 3. The molecule has 0 saturated heterocycles. The minimum atomic E-state index is -5.08. The average molecular weight is 714 g/mol. The van der Waals surface area contributed by atoms with E-state index in [9.17, 15) is 22.8 Å². The van der Waals surface area contributed by atoms with E-state index in [1.807, 2.05) is 42.5 Å². The van der Waals surface area contributed by atoms with E-state index < -0.39 is 30.4 Å². The second-order valence-electron chi connectivity index (χ2n) is 12.0. The first-order chi connectivity index (χ1) is 24.2. The Hall–Kier alpha value is -5.57. The number of anilines is 2. The maximum Gasteiger partial charge on any atom is 0.490 e. The molecule has 12 nitrogen and oxygen atoms in total. The Kier molecular flexibility index (Phi) is 14.8. The molecule has 4 rings (SSSR count). The summed E-state index contributed by atoms with van der Waals surface area (Å²) in [5, 5.41) is 15.6. The number of urea groups is 1. The van der Waals surface area contributed by atoms with E-state index in [1.54, 1.807) is 43.6 Å². The standard InChI is InChI=1S/C34H41N5O5.C2HF3O2/c1-23(2)20-39(24(3)4)21-32(26-11-7-6-8-12-26)44-34(41)36-18-25-10-9-13-27(16-25)37-33(40)38-28-14-15-29(30(17-28)42-5)31-19-35-22-43-31;3-2(4,5)1(6)7/h6-17,19,22-24,32H,18,20-21H2,1-5H3,(H,36,41)(H2,37,38,40);(H,6,7)/t32-;/m1./s1. The van der Waals surface area contributed by atoms with Crippen molar-refractivity contribution < 1.29 is 46.6 Å². The van der Waals surface area contributed by atoms with Gasteiger partial charge in [0.2, 0.25) is 0 Å². The molecule has 1 atom stereocenters. The SMILES string of the molecule is COc1cc(NC(=O)Nc2cccc(CNC(=O)O[C@H](CN(CC(C)C)C(C)C)c3ccccc3)c2)ccc1-c1cnco1.O=C(O)C(F)(F)F. The zero-order valence-corrected chi connectivity index (χ0v) is 28.9. The monoisotopic (exact) mass is 713 g/mol. The molecule has 1 heterocycles. The van der Waals surface area contributed by atoms with E-state index in [4.69, 9.17) is 23.8 Å². The second-order valence-corrected chi connectivity index (χ2v) is 12.0. The molecule has 0 fully saturated rings. The van der Waals surface area contributed by atoms with Crippen molar-refractivity contribution in [2.75, 3.05) is 30.8 Å². The quantitative estimate of drug-likeness (QED) is 0.108. The lowest BCUT2D eigenvalue weighted by atomic mass is 10.1. The lowest BCUT2D eigenvalue weighted by molar-refractivity contribution is -0.192. The number of ether oxygens (including phenoxy) is 2. The molecule has 0 saturated carbocycles. The number of hydrogen-bond acceptors (Lipinski definition) is 8. The van der Waals surface area contributed by atoms with Crippen molar-refractivity contribution in [3.8, 4) is 17.1 Å². The fourth-order valence-electron chi connectivity index (χ4n) is 4.78. The van der Waals surface area contributed by atoms with Crippen LogP contribution in [-0.4, -0.2) is 65.5 Å². The third-order valence-corrected chi connectivity index (χ3v) is 7.17. The Bertz CT molecular complexity index is 1700. The zero-order chi connectivity index (χ0) is 37.6. The maximum absolute atomic E-state index is 12.9. The maximum atomic E-state index is 12.9. The number of oxazole rings is 1. The summed E-state index contributed by atoms with van der Waals surface area (Å²) in [7, 11) is 1.55. The average Bonchev–Trinajstić information content (AvgIpc) is 3.62. The van der Waals surface area contributed by atoms with E-state index in [1.165, 1.54) is 6.39 Å². The predicted molar refractivity (Wildman–Crippen MR) is 185 cm³/mol. The number of methoxy groups -OCH3 is 1. The van der Waals surface area contributed by atoms with Crippen molar-refractivity contribution in [3.05, 3.63) is 96.5 Å². The number of alkyl halides is 3. The lowest BCUT2D eigenvalue weighted by Gasteiger charge is -2.32. The summed E-state index contributed by atoms with van der Waals surface area (Å²) in [6, 6.07) is 22.2. The summed E-state index contributed by atoms with van der Waals surface area (Å²) in [6.07, 6.45) is -3.07. The number of alkyl carbamates (subject to hydrolysis) is 1. The third-order valence-electron chi connectivity index (χ3n) is 7.17. The molecular weight excluding hydrogens is 671 g/mol. The smallest absolute Gasteiger partial charge is 0.490 e. The van der Waals surface area contributed by atoms with Gasteiger partial charge in [0.25, 0.3) is 0 Å². The van der Waals surface area contributed by atoms with Crippen LogP contribution in [0, 0.1) is 5.92 Å². The van der Waals surface area contributed by atoms with Gasteiger partial charge in [0, 0.05) is 43.1 Å². The summed E-state index contributed by atoms with van der Waals surface area (Å²) in [6.45, 7) is 10.4. The first-order valence-electron chi connectivity index (χ1n) is 15.9. The minimum Gasteiger partial charge on any atom is -0.496 e. The number of carbonyl (C=O) groups excluding carboxylic acids is 2. The molecule has 0 spiro atoms. The molecule has 274 valence electrons. The van der Waals surface area contributed by atoms with E-state index >= 15 is 0 Å². The highest BCUT2D eigenvalue weighted by Gasteiger charge is 2.38. The number of carboxylic acid groups (broad SMARTS) is 1.